The number of benzene rings is 1. The normalized spacial score (nSPS) is 27.5. The lowest BCUT2D eigenvalue weighted by Gasteiger charge is -2.12. The van der Waals surface area contributed by atoms with E-state index in [2.05, 4.69) is 6.08 Å². The average molecular weight is 323 g/mol. The van der Waals surface area contributed by atoms with Crippen LogP contribution in [0.4, 0.5) is 0 Å². The van der Waals surface area contributed by atoms with E-state index in [1.165, 1.54) is 9.88 Å². The Hall–Kier alpha value is -1.17. The van der Waals surface area contributed by atoms with Gasteiger partial charge in [0.15, 0.2) is 0 Å². The average Bonchev–Trinajstić information content (AvgIpc) is 3.04. The molecule has 0 amide bonds. The monoisotopic (exact) mass is 323 g/mol. The first kappa shape index (κ1) is 17.2. The van der Waals surface area contributed by atoms with Crippen LogP contribution in [0.15, 0.2) is 40.8 Å². The van der Waals surface area contributed by atoms with Gasteiger partial charge in [0.2, 0.25) is 10.0 Å². The zero-order valence-corrected chi connectivity index (χ0v) is 14.5. The van der Waals surface area contributed by atoms with Crippen LogP contribution in [0.2, 0.25) is 0 Å². The molecule has 122 valence electrons. The highest BCUT2D eigenvalue weighted by atomic mass is 32.2. The summed E-state index contributed by atoms with van der Waals surface area (Å²) in [5, 5.41) is 9.55. The molecule has 1 aliphatic rings. The molecule has 0 aliphatic carbocycles. The first-order valence-corrected chi connectivity index (χ1v) is 9.03. The van der Waals surface area contributed by atoms with E-state index in [0.29, 0.717) is 11.3 Å². The number of nitrogens with zero attached hydrogens (tertiary/aromatic N) is 1. The SMILES string of the molecule is CC(C)=CCC[C@@]1(C)[C@H](CO)N1S(=O)(=O)c1ccc(C)cc1. The molecule has 4 nitrogen and oxygen atoms in total. The molecule has 0 aromatic heterocycles. The molecule has 1 aromatic rings. The van der Waals surface area contributed by atoms with Gasteiger partial charge in [0.25, 0.3) is 0 Å². The minimum absolute atomic E-state index is 0.142. The fraction of sp³-hybridized carbons (Fsp3) is 0.529. The topological polar surface area (TPSA) is 57.4 Å². The Morgan fingerprint density at radius 2 is 1.91 bits per heavy atom. The summed E-state index contributed by atoms with van der Waals surface area (Å²) in [4.78, 5) is 0.294. The number of allylic oxidation sites excluding steroid dienone is 2. The Labute approximate surface area is 133 Å². The second-order valence-electron chi connectivity index (χ2n) is 6.49. The van der Waals surface area contributed by atoms with Crippen LogP contribution in [-0.2, 0) is 10.0 Å². The van der Waals surface area contributed by atoms with Crippen molar-refractivity contribution >= 4 is 10.0 Å². The minimum Gasteiger partial charge on any atom is -0.395 e. The van der Waals surface area contributed by atoms with Gasteiger partial charge < -0.3 is 5.11 Å². The van der Waals surface area contributed by atoms with Crippen molar-refractivity contribution in [3.63, 3.8) is 0 Å². The molecule has 3 atom stereocenters. The summed E-state index contributed by atoms with van der Waals surface area (Å²) in [6, 6.07) is 6.53. The van der Waals surface area contributed by atoms with Crippen LogP contribution in [0.25, 0.3) is 0 Å². The molecule has 1 N–H and O–H groups in total. The highest BCUT2D eigenvalue weighted by Gasteiger charge is 2.64. The Kier molecular flexibility index (Phi) is 4.80. The van der Waals surface area contributed by atoms with E-state index in [1.807, 2.05) is 27.7 Å². The van der Waals surface area contributed by atoms with Gasteiger partial charge in [-0.25, -0.2) is 8.42 Å². The summed E-state index contributed by atoms with van der Waals surface area (Å²) in [6.45, 7) is 7.75. The Morgan fingerprint density at radius 3 is 2.41 bits per heavy atom. The predicted octanol–water partition coefficient (Wildman–Crippen LogP) is 2.87. The summed E-state index contributed by atoms with van der Waals surface area (Å²) in [6.07, 6.45) is 3.64. The van der Waals surface area contributed by atoms with Crippen molar-refractivity contribution in [2.45, 2.75) is 57.0 Å². The van der Waals surface area contributed by atoms with Crippen molar-refractivity contribution in [1.82, 2.24) is 4.31 Å². The molecule has 2 rings (SSSR count). The highest BCUT2D eigenvalue weighted by molar-refractivity contribution is 7.89. The van der Waals surface area contributed by atoms with Crippen molar-refractivity contribution < 1.29 is 13.5 Å². The lowest BCUT2D eigenvalue weighted by Crippen LogP contribution is -2.21. The molecule has 0 bridgehead atoms. The molecule has 1 saturated heterocycles. The van der Waals surface area contributed by atoms with E-state index in [4.69, 9.17) is 0 Å². The van der Waals surface area contributed by atoms with Gasteiger partial charge in [-0.1, -0.05) is 29.3 Å². The number of rotatable bonds is 6. The molecule has 0 saturated carbocycles. The van der Waals surface area contributed by atoms with Crippen molar-refractivity contribution in [2.24, 2.45) is 0 Å². The minimum atomic E-state index is -3.55. The molecule has 5 heteroatoms. The lowest BCUT2D eigenvalue weighted by molar-refractivity contribution is 0.283. The molecular weight excluding hydrogens is 298 g/mol. The van der Waals surface area contributed by atoms with Gasteiger partial charge in [-0.15, -0.1) is 0 Å². The highest BCUT2D eigenvalue weighted by Crippen LogP contribution is 2.48. The van der Waals surface area contributed by atoms with E-state index in [1.54, 1.807) is 24.3 Å². The van der Waals surface area contributed by atoms with E-state index in [9.17, 15) is 13.5 Å². The second kappa shape index (κ2) is 6.14. The van der Waals surface area contributed by atoms with E-state index < -0.39 is 15.6 Å². The molecule has 1 aromatic carbocycles. The fourth-order valence-electron chi connectivity index (χ4n) is 2.94. The molecule has 1 unspecified atom stereocenters. The molecule has 1 aliphatic heterocycles. The Morgan fingerprint density at radius 1 is 1.32 bits per heavy atom. The Balaban J connectivity index is 2.23. The first-order valence-electron chi connectivity index (χ1n) is 7.59. The quantitative estimate of drug-likeness (QED) is 0.647. The predicted molar refractivity (Wildman–Crippen MR) is 88.1 cm³/mol. The summed E-state index contributed by atoms with van der Waals surface area (Å²) in [5.41, 5.74) is 1.75. The number of hydrogen-bond acceptors (Lipinski definition) is 3. The van der Waals surface area contributed by atoms with E-state index in [0.717, 1.165) is 12.0 Å². The van der Waals surface area contributed by atoms with E-state index in [-0.39, 0.29) is 12.6 Å². The standard InChI is InChI=1S/C17H25NO3S/c1-13(2)6-5-11-17(4)16(12-19)18(17)22(20,21)15-9-7-14(3)8-10-15/h6-10,16,19H,5,11-12H2,1-4H3/t16-,17-,18?/m0/s1. The number of aliphatic hydroxyl groups is 1. The van der Waals surface area contributed by atoms with Crippen molar-refractivity contribution in [3.8, 4) is 0 Å². The van der Waals surface area contributed by atoms with Gasteiger partial charge in [-0.3, -0.25) is 0 Å². The van der Waals surface area contributed by atoms with Crippen LogP contribution < -0.4 is 0 Å². The van der Waals surface area contributed by atoms with Crippen molar-refractivity contribution in [1.29, 1.82) is 0 Å². The van der Waals surface area contributed by atoms with Gasteiger partial charge in [0.1, 0.15) is 0 Å². The number of hydrogen-bond donors (Lipinski definition) is 1. The van der Waals surface area contributed by atoms with Crippen LogP contribution in [0.5, 0.6) is 0 Å². The van der Waals surface area contributed by atoms with Crippen LogP contribution in [0.1, 0.15) is 39.2 Å². The maximum absolute atomic E-state index is 12.8. The van der Waals surface area contributed by atoms with E-state index >= 15 is 0 Å². The second-order valence-corrected chi connectivity index (χ2v) is 8.30. The van der Waals surface area contributed by atoms with Gasteiger partial charge >= 0.3 is 0 Å². The third-order valence-electron chi connectivity index (χ3n) is 4.39. The molecule has 1 heterocycles. The first-order chi connectivity index (χ1) is 10.2. The smallest absolute Gasteiger partial charge is 0.244 e. The largest absolute Gasteiger partial charge is 0.395 e. The summed E-state index contributed by atoms with van der Waals surface area (Å²) < 4.78 is 27.0. The lowest BCUT2D eigenvalue weighted by atomic mass is 10.0. The maximum atomic E-state index is 12.8. The van der Waals surface area contributed by atoms with Crippen LogP contribution in [-0.4, -0.2) is 36.0 Å². The van der Waals surface area contributed by atoms with Gasteiger partial charge in [-0.2, -0.15) is 4.31 Å². The third kappa shape index (κ3) is 3.12. The summed E-state index contributed by atoms with van der Waals surface area (Å²) >= 11 is 0. The number of aliphatic hydroxyl groups excluding tert-OH is 1. The number of aryl methyl sites for hydroxylation is 1. The number of sulfonamides is 1. The Bertz CT molecular complexity index is 660. The fourth-order valence-corrected chi connectivity index (χ4v) is 4.99. The molecule has 0 radical (unpaired) electrons. The van der Waals surface area contributed by atoms with Crippen molar-refractivity contribution in [3.05, 3.63) is 41.5 Å². The van der Waals surface area contributed by atoms with Crippen LogP contribution in [0.3, 0.4) is 0 Å². The van der Waals surface area contributed by atoms with Crippen molar-refractivity contribution in [2.75, 3.05) is 6.61 Å². The molecule has 0 spiro atoms. The van der Waals surface area contributed by atoms with Crippen LogP contribution >= 0.6 is 0 Å². The third-order valence-corrected chi connectivity index (χ3v) is 6.45. The zero-order chi connectivity index (χ0) is 16.5. The van der Waals surface area contributed by atoms with Gasteiger partial charge in [0, 0.05) is 0 Å². The van der Waals surface area contributed by atoms with Crippen LogP contribution in [0, 0.1) is 6.92 Å². The van der Waals surface area contributed by atoms with Gasteiger partial charge in [-0.05, 0) is 52.7 Å². The summed E-state index contributed by atoms with van der Waals surface area (Å²) in [7, 11) is -3.55. The maximum Gasteiger partial charge on any atom is 0.244 e. The molecule has 1 fully saturated rings. The molecular formula is C17H25NO3S. The zero-order valence-electron chi connectivity index (χ0n) is 13.7. The molecule has 22 heavy (non-hydrogen) atoms. The summed E-state index contributed by atoms with van der Waals surface area (Å²) in [5.74, 6) is 0. The van der Waals surface area contributed by atoms with Gasteiger partial charge in [0.05, 0.1) is 23.1 Å².